The van der Waals surface area contributed by atoms with Crippen LogP contribution in [0.4, 0.5) is 5.69 Å². The Hall–Kier alpha value is -2.02. The molecule has 1 N–H and O–H groups in total. The van der Waals surface area contributed by atoms with Crippen LogP contribution in [-0.4, -0.2) is 54.6 Å². The average Bonchev–Trinajstić information content (AvgIpc) is 2.62. The first-order valence-electron chi connectivity index (χ1n) is 8.63. The maximum absolute atomic E-state index is 12.7. The maximum atomic E-state index is 12.7. The van der Waals surface area contributed by atoms with Gasteiger partial charge in [0.2, 0.25) is 17.7 Å². The SMILES string of the molecule is CCCNC(=O)CN(CCC)C(=O)CN1C(=O)CSc2ccccc21. The molecule has 6 nitrogen and oxygen atoms in total. The van der Waals surface area contributed by atoms with E-state index in [1.165, 1.54) is 21.6 Å². The number of thioether (sulfide) groups is 1. The lowest BCUT2D eigenvalue weighted by atomic mass is 10.2. The van der Waals surface area contributed by atoms with Crippen molar-refractivity contribution in [2.24, 2.45) is 0 Å². The number of amides is 3. The largest absolute Gasteiger partial charge is 0.355 e. The molecule has 0 aromatic heterocycles. The fraction of sp³-hybridized carbons (Fsp3) is 0.500. The van der Waals surface area contributed by atoms with Gasteiger partial charge >= 0.3 is 0 Å². The molecular formula is C18H25N3O3S. The highest BCUT2D eigenvalue weighted by Crippen LogP contribution is 2.34. The molecule has 1 aliphatic heterocycles. The van der Waals surface area contributed by atoms with Crippen molar-refractivity contribution in [3.8, 4) is 0 Å². The minimum absolute atomic E-state index is 0.0303. The van der Waals surface area contributed by atoms with Crippen LogP contribution in [0.2, 0.25) is 0 Å². The van der Waals surface area contributed by atoms with E-state index in [1.54, 1.807) is 0 Å². The third-order valence-corrected chi connectivity index (χ3v) is 4.90. The molecule has 0 bridgehead atoms. The molecule has 0 spiro atoms. The molecule has 1 heterocycles. The Balaban J connectivity index is 2.07. The van der Waals surface area contributed by atoms with Gasteiger partial charge in [0, 0.05) is 18.0 Å². The highest BCUT2D eigenvalue weighted by molar-refractivity contribution is 8.00. The first kappa shape index (κ1) is 19.3. The van der Waals surface area contributed by atoms with Crippen molar-refractivity contribution in [2.45, 2.75) is 31.6 Å². The van der Waals surface area contributed by atoms with Crippen LogP contribution in [0.15, 0.2) is 29.2 Å². The van der Waals surface area contributed by atoms with E-state index in [9.17, 15) is 14.4 Å². The number of rotatable bonds is 8. The molecule has 25 heavy (non-hydrogen) atoms. The normalized spacial score (nSPS) is 13.4. The Morgan fingerprint density at radius 2 is 2.00 bits per heavy atom. The average molecular weight is 363 g/mol. The molecule has 0 atom stereocenters. The minimum atomic E-state index is -0.205. The summed E-state index contributed by atoms with van der Waals surface area (Å²) in [5.74, 6) is -0.119. The number of hydrogen-bond donors (Lipinski definition) is 1. The summed E-state index contributed by atoms with van der Waals surface area (Å²) >= 11 is 1.49. The van der Waals surface area contributed by atoms with Gasteiger partial charge in [0.15, 0.2) is 0 Å². The van der Waals surface area contributed by atoms with E-state index in [2.05, 4.69) is 5.32 Å². The summed E-state index contributed by atoms with van der Waals surface area (Å²) in [6.07, 6.45) is 1.61. The van der Waals surface area contributed by atoms with Gasteiger partial charge in [0.1, 0.15) is 6.54 Å². The zero-order valence-electron chi connectivity index (χ0n) is 14.8. The highest BCUT2D eigenvalue weighted by Gasteiger charge is 2.28. The van der Waals surface area contributed by atoms with Gasteiger partial charge in [-0.1, -0.05) is 26.0 Å². The molecule has 0 fully saturated rings. The number of nitrogens with zero attached hydrogens (tertiary/aromatic N) is 2. The van der Waals surface area contributed by atoms with E-state index in [1.807, 2.05) is 38.1 Å². The van der Waals surface area contributed by atoms with E-state index < -0.39 is 0 Å². The van der Waals surface area contributed by atoms with Crippen molar-refractivity contribution < 1.29 is 14.4 Å². The Morgan fingerprint density at radius 3 is 2.72 bits per heavy atom. The van der Waals surface area contributed by atoms with Crippen molar-refractivity contribution in [2.75, 3.05) is 36.8 Å². The topological polar surface area (TPSA) is 69.7 Å². The standard InChI is InChI=1S/C18H25N3O3S/c1-3-9-19-16(22)11-20(10-4-2)17(23)12-21-14-7-5-6-8-15(14)25-13-18(21)24/h5-8H,3-4,9-13H2,1-2H3,(H,19,22). The third-order valence-electron chi connectivity index (χ3n) is 3.85. The second kappa shape index (κ2) is 9.46. The lowest BCUT2D eigenvalue weighted by Crippen LogP contribution is -2.48. The number of nitrogens with one attached hydrogen (secondary N) is 1. The van der Waals surface area contributed by atoms with Gasteiger partial charge < -0.3 is 15.1 Å². The lowest BCUT2D eigenvalue weighted by molar-refractivity contribution is -0.135. The van der Waals surface area contributed by atoms with E-state index >= 15 is 0 Å². The molecule has 2 rings (SSSR count). The molecule has 0 saturated heterocycles. The quantitative estimate of drug-likeness (QED) is 0.766. The fourth-order valence-corrected chi connectivity index (χ4v) is 3.55. The summed E-state index contributed by atoms with van der Waals surface area (Å²) in [7, 11) is 0. The van der Waals surface area contributed by atoms with Crippen LogP contribution in [0, 0.1) is 0 Å². The zero-order valence-corrected chi connectivity index (χ0v) is 15.6. The van der Waals surface area contributed by atoms with Crippen LogP contribution >= 0.6 is 11.8 Å². The molecule has 1 aliphatic rings. The Labute approximate surface area is 152 Å². The molecule has 0 aliphatic carbocycles. The molecule has 0 saturated carbocycles. The zero-order chi connectivity index (χ0) is 18.2. The van der Waals surface area contributed by atoms with Gasteiger partial charge in [-0.25, -0.2) is 0 Å². The summed E-state index contributed by atoms with van der Waals surface area (Å²) in [5.41, 5.74) is 0.768. The van der Waals surface area contributed by atoms with Crippen molar-refractivity contribution >= 4 is 35.2 Å². The summed E-state index contributed by atoms with van der Waals surface area (Å²) in [4.78, 5) is 41.0. The second-order valence-electron chi connectivity index (χ2n) is 5.90. The van der Waals surface area contributed by atoms with Gasteiger partial charge in [-0.15, -0.1) is 11.8 Å². The number of hydrogen-bond acceptors (Lipinski definition) is 4. The van der Waals surface area contributed by atoms with Gasteiger partial charge in [-0.05, 0) is 25.0 Å². The van der Waals surface area contributed by atoms with Gasteiger partial charge in [-0.2, -0.15) is 0 Å². The van der Waals surface area contributed by atoms with Crippen LogP contribution in [-0.2, 0) is 14.4 Å². The van der Waals surface area contributed by atoms with Gasteiger partial charge in [0.25, 0.3) is 0 Å². The summed E-state index contributed by atoms with van der Waals surface area (Å²) in [6, 6.07) is 7.58. The van der Waals surface area contributed by atoms with Crippen LogP contribution in [0.5, 0.6) is 0 Å². The van der Waals surface area contributed by atoms with Crippen molar-refractivity contribution in [3.63, 3.8) is 0 Å². The summed E-state index contributed by atoms with van der Waals surface area (Å²) in [6.45, 7) is 5.04. The molecule has 3 amide bonds. The molecule has 0 radical (unpaired) electrons. The predicted molar refractivity (Wildman–Crippen MR) is 99.7 cm³/mol. The molecule has 136 valence electrons. The monoisotopic (exact) mass is 363 g/mol. The molecular weight excluding hydrogens is 338 g/mol. The van der Waals surface area contributed by atoms with Crippen LogP contribution in [0.25, 0.3) is 0 Å². The maximum Gasteiger partial charge on any atom is 0.243 e. The first-order chi connectivity index (χ1) is 12.1. The van der Waals surface area contributed by atoms with Crippen molar-refractivity contribution in [3.05, 3.63) is 24.3 Å². The second-order valence-corrected chi connectivity index (χ2v) is 6.92. The fourth-order valence-electron chi connectivity index (χ4n) is 2.62. The van der Waals surface area contributed by atoms with Crippen molar-refractivity contribution in [1.82, 2.24) is 10.2 Å². The van der Waals surface area contributed by atoms with Gasteiger partial charge in [0.05, 0.1) is 18.0 Å². The van der Waals surface area contributed by atoms with E-state index in [4.69, 9.17) is 0 Å². The Kier molecular flexibility index (Phi) is 7.31. The lowest BCUT2D eigenvalue weighted by Gasteiger charge is -2.30. The number of anilines is 1. The van der Waals surface area contributed by atoms with Crippen molar-refractivity contribution in [1.29, 1.82) is 0 Å². The van der Waals surface area contributed by atoms with E-state index in [0.29, 0.717) is 18.8 Å². The number of carbonyl (C=O) groups is 3. The van der Waals surface area contributed by atoms with Crippen LogP contribution in [0.1, 0.15) is 26.7 Å². The first-order valence-corrected chi connectivity index (χ1v) is 9.62. The molecule has 1 aromatic rings. The molecule has 1 aromatic carbocycles. The Morgan fingerprint density at radius 1 is 1.24 bits per heavy atom. The van der Waals surface area contributed by atoms with E-state index in [-0.39, 0.29) is 30.8 Å². The summed E-state index contributed by atoms with van der Waals surface area (Å²) < 4.78 is 0. The number of carbonyl (C=O) groups excluding carboxylic acids is 3. The number of para-hydroxylation sites is 1. The van der Waals surface area contributed by atoms with Gasteiger partial charge in [-0.3, -0.25) is 14.4 Å². The minimum Gasteiger partial charge on any atom is -0.355 e. The summed E-state index contributed by atoms with van der Waals surface area (Å²) in [5, 5.41) is 2.79. The number of benzene rings is 1. The number of fused-ring (bicyclic) bond motifs is 1. The third kappa shape index (κ3) is 5.22. The Bertz CT molecular complexity index is 636. The predicted octanol–water partition coefficient (Wildman–Crippen LogP) is 1.89. The highest BCUT2D eigenvalue weighted by atomic mass is 32.2. The van der Waals surface area contributed by atoms with Crippen LogP contribution < -0.4 is 10.2 Å². The molecule has 7 heteroatoms. The smallest absolute Gasteiger partial charge is 0.243 e. The van der Waals surface area contributed by atoms with Crippen LogP contribution in [0.3, 0.4) is 0 Å². The molecule has 0 unspecified atom stereocenters. The van der Waals surface area contributed by atoms with E-state index in [0.717, 1.165) is 23.4 Å².